The number of rotatable bonds is 3. The van der Waals surface area contributed by atoms with Crippen molar-refractivity contribution in [2.24, 2.45) is 11.7 Å². The zero-order valence-electron chi connectivity index (χ0n) is 11.1. The molecule has 1 aliphatic rings. The summed E-state index contributed by atoms with van der Waals surface area (Å²) in [4.78, 5) is 2.20. The van der Waals surface area contributed by atoms with Crippen molar-refractivity contribution in [2.45, 2.75) is 25.8 Å². The summed E-state index contributed by atoms with van der Waals surface area (Å²) in [6.45, 7) is 4.45. The van der Waals surface area contributed by atoms with Gasteiger partial charge in [0, 0.05) is 11.6 Å². The number of piperidine rings is 1. The molecule has 1 saturated heterocycles. The predicted octanol–water partition coefficient (Wildman–Crippen LogP) is 3.12. The maximum atomic E-state index is 13.7. The summed E-state index contributed by atoms with van der Waals surface area (Å²) in [6, 6.07) is 3.58. The van der Waals surface area contributed by atoms with Crippen LogP contribution in [0.2, 0.25) is 0 Å². The van der Waals surface area contributed by atoms with Gasteiger partial charge in [-0.05, 0) is 63.5 Å². The first kappa shape index (κ1) is 16.3. The number of halogens is 3. The minimum atomic E-state index is -0.380. The van der Waals surface area contributed by atoms with Crippen molar-refractivity contribution in [1.29, 1.82) is 0 Å². The Hall–Kier alpha value is -0.710. The third-order valence-corrected chi connectivity index (χ3v) is 3.94. The normalized spacial score (nSPS) is 18.9. The quantitative estimate of drug-likeness (QED) is 0.927. The van der Waals surface area contributed by atoms with Crippen molar-refractivity contribution in [3.63, 3.8) is 0 Å². The fraction of sp³-hybridized carbons (Fsp3) is 0.571. The summed E-state index contributed by atoms with van der Waals surface area (Å²) in [5.74, 6) is -0.134. The van der Waals surface area contributed by atoms with Gasteiger partial charge in [0.25, 0.3) is 0 Å². The highest BCUT2D eigenvalue weighted by molar-refractivity contribution is 5.85. The highest BCUT2D eigenvalue weighted by atomic mass is 35.5. The Labute approximate surface area is 119 Å². The largest absolute Gasteiger partial charge is 0.330 e. The molecule has 108 valence electrons. The molecule has 2 rings (SSSR count). The predicted molar refractivity (Wildman–Crippen MR) is 75.4 cm³/mol. The van der Waals surface area contributed by atoms with E-state index in [0.717, 1.165) is 38.5 Å². The highest BCUT2D eigenvalue weighted by Crippen LogP contribution is 2.28. The van der Waals surface area contributed by atoms with E-state index in [1.807, 2.05) is 6.92 Å². The number of nitrogens with two attached hydrogens (primary N) is 1. The van der Waals surface area contributed by atoms with Gasteiger partial charge < -0.3 is 5.73 Å². The number of hydrogen-bond donors (Lipinski definition) is 1. The number of benzene rings is 1. The molecule has 19 heavy (non-hydrogen) atoms. The summed E-state index contributed by atoms with van der Waals surface area (Å²) < 4.78 is 26.9. The van der Waals surface area contributed by atoms with E-state index in [1.165, 1.54) is 12.1 Å². The molecule has 1 unspecified atom stereocenters. The van der Waals surface area contributed by atoms with Crippen LogP contribution in [0.1, 0.15) is 31.4 Å². The molecule has 5 heteroatoms. The Balaban J connectivity index is 0.00000180. The minimum absolute atomic E-state index is 0. The van der Waals surface area contributed by atoms with Crippen LogP contribution < -0.4 is 5.73 Å². The van der Waals surface area contributed by atoms with Crippen molar-refractivity contribution in [3.05, 3.63) is 35.4 Å². The van der Waals surface area contributed by atoms with Gasteiger partial charge in [-0.3, -0.25) is 4.90 Å². The second-order valence-electron chi connectivity index (χ2n) is 5.06. The van der Waals surface area contributed by atoms with Crippen LogP contribution in [0.15, 0.2) is 18.2 Å². The molecule has 2 nitrogen and oxygen atoms in total. The lowest BCUT2D eigenvalue weighted by atomic mass is 9.94. The van der Waals surface area contributed by atoms with Crippen LogP contribution in [-0.2, 0) is 0 Å². The first-order valence-electron chi connectivity index (χ1n) is 6.51. The summed E-state index contributed by atoms with van der Waals surface area (Å²) in [5.41, 5.74) is 6.10. The van der Waals surface area contributed by atoms with E-state index in [1.54, 1.807) is 0 Å². The van der Waals surface area contributed by atoms with Crippen molar-refractivity contribution in [2.75, 3.05) is 19.6 Å². The molecule has 1 heterocycles. The van der Waals surface area contributed by atoms with Crippen molar-refractivity contribution < 1.29 is 8.78 Å². The molecule has 0 amide bonds. The molecule has 2 N–H and O–H groups in total. The number of hydrogen-bond acceptors (Lipinski definition) is 2. The molecule has 0 spiro atoms. The number of likely N-dealkylation sites (tertiary alicyclic amines) is 1. The van der Waals surface area contributed by atoms with E-state index in [9.17, 15) is 8.78 Å². The first-order valence-corrected chi connectivity index (χ1v) is 6.51. The van der Waals surface area contributed by atoms with Crippen LogP contribution in [0.4, 0.5) is 8.78 Å². The Morgan fingerprint density at radius 1 is 1.32 bits per heavy atom. The van der Waals surface area contributed by atoms with Gasteiger partial charge in [-0.15, -0.1) is 12.4 Å². The van der Waals surface area contributed by atoms with E-state index in [0.29, 0.717) is 11.5 Å². The second kappa shape index (κ2) is 7.17. The van der Waals surface area contributed by atoms with Gasteiger partial charge >= 0.3 is 0 Å². The van der Waals surface area contributed by atoms with Gasteiger partial charge in [0.05, 0.1) is 0 Å². The maximum absolute atomic E-state index is 13.7. The number of nitrogens with zero attached hydrogens (tertiary/aromatic N) is 1. The molecule has 1 fully saturated rings. The van der Waals surface area contributed by atoms with Crippen LogP contribution in [-0.4, -0.2) is 24.5 Å². The molecular formula is C14H21ClF2N2. The summed E-state index contributed by atoms with van der Waals surface area (Å²) in [6.07, 6.45) is 2.08. The summed E-state index contributed by atoms with van der Waals surface area (Å²) in [7, 11) is 0. The summed E-state index contributed by atoms with van der Waals surface area (Å²) in [5, 5.41) is 0. The topological polar surface area (TPSA) is 29.3 Å². The average Bonchev–Trinajstić information content (AvgIpc) is 2.41. The van der Waals surface area contributed by atoms with E-state index in [2.05, 4.69) is 4.90 Å². The SMILES string of the molecule is CC(c1cc(F)ccc1F)N1CCC(CN)CC1.Cl. The molecule has 1 aliphatic heterocycles. The van der Waals surface area contributed by atoms with E-state index in [4.69, 9.17) is 5.73 Å². The molecule has 0 aliphatic carbocycles. The Kier molecular flexibility index (Phi) is 6.17. The average molecular weight is 291 g/mol. The van der Waals surface area contributed by atoms with Gasteiger partial charge in [-0.1, -0.05) is 0 Å². The lowest BCUT2D eigenvalue weighted by molar-refractivity contribution is 0.141. The van der Waals surface area contributed by atoms with Gasteiger partial charge in [0.2, 0.25) is 0 Å². The first-order chi connectivity index (χ1) is 8.61. The summed E-state index contributed by atoms with van der Waals surface area (Å²) >= 11 is 0. The fourth-order valence-corrected chi connectivity index (χ4v) is 2.61. The van der Waals surface area contributed by atoms with Crippen LogP contribution in [0.5, 0.6) is 0 Å². The second-order valence-corrected chi connectivity index (χ2v) is 5.06. The lowest BCUT2D eigenvalue weighted by Gasteiger charge is -2.36. The standard InChI is InChI=1S/C14H20F2N2.ClH/c1-10(13-8-12(15)2-3-14(13)16)18-6-4-11(9-17)5-7-18;/h2-3,8,10-11H,4-7,9,17H2,1H3;1H. The van der Waals surface area contributed by atoms with Crippen LogP contribution >= 0.6 is 12.4 Å². The molecule has 0 radical (unpaired) electrons. The van der Waals surface area contributed by atoms with Gasteiger partial charge in [-0.2, -0.15) is 0 Å². The monoisotopic (exact) mass is 290 g/mol. The van der Waals surface area contributed by atoms with Crippen molar-refractivity contribution >= 4 is 12.4 Å². The molecule has 1 atom stereocenters. The van der Waals surface area contributed by atoms with E-state index >= 15 is 0 Å². The smallest absolute Gasteiger partial charge is 0.128 e. The highest BCUT2D eigenvalue weighted by Gasteiger charge is 2.24. The lowest BCUT2D eigenvalue weighted by Crippen LogP contribution is -2.37. The van der Waals surface area contributed by atoms with Crippen LogP contribution in [0, 0.1) is 17.6 Å². The van der Waals surface area contributed by atoms with Gasteiger partial charge in [-0.25, -0.2) is 8.78 Å². The Morgan fingerprint density at radius 3 is 2.53 bits per heavy atom. The third kappa shape index (κ3) is 3.88. The molecule has 0 aromatic heterocycles. The molecule has 1 aromatic rings. The van der Waals surface area contributed by atoms with E-state index < -0.39 is 0 Å². The van der Waals surface area contributed by atoms with Crippen LogP contribution in [0.3, 0.4) is 0 Å². The van der Waals surface area contributed by atoms with E-state index in [-0.39, 0.29) is 30.1 Å². The van der Waals surface area contributed by atoms with Gasteiger partial charge in [0.1, 0.15) is 11.6 Å². The molecule has 1 aromatic carbocycles. The Morgan fingerprint density at radius 2 is 1.95 bits per heavy atom. The van der Waals surface area contributed by atoms with Crippen molar-refractivity contribution in [1.82, 2.24) is 4.90 Å². The van der Waals surface area contributed by atoms with Crippen LogP contribution in [0.25, 0.3) is 0 Å². The van der Waals surface area contributed by atoms with Gasteiger partial charge in [0.15, 0.2) is 0 Å². The Bertz CT molecular complexity index is 406. The zero-order chi connectivity index (χ0) is 13.1. The van der Waals surface area contributed by atoms with Crippen molar-refractivity contribution in [3.8, 4) is 0 Å². The zero-order valence-corrected chi connectivity index (χ0v) is 11.9. The minimum Gasteiger partial charge on any atom is -0.330 e. The molecule has 0 bridgehead atoms. The maximum Gasteiger partial charge on any atom is 0.128 e. The molecular weight excluding hydrogens is 270 g/mol. The third-order valence-electron chi connectivity index (χ3n) is 3.94. The molecule has 0 saturated carbocycles. The fourth-order valence-electron chi connectivity index (χ4n) is 2.61.